The van der Waals surface area contributed by atoms with Crippen LogP contribution in [-0.2, 0) is 4.74 Å². The first-order chi connectivity index (χ1) is 17.9. The number of para-hydroxylation sites is 1. The number of hydrogen-bond donors (Lipinski definition) is 1. The topological polar surface area (TPSA) is 88.1 Å². The first-order valence-corrected chi connectivity index (χ1v) is 11.5. The van der Waals surface area contributed by atoms with E-state index in [4.69, 9.17) is 23.7 Å². The van der Waals surface area contributed by atoms with Gasteiger partial charge in [0.1, 0.15) is 24.7 Å². The number of pyridine rings is 1. The van der Waals surface area contributed by atoms with Crippen LogP contribution in [0.15, 0.2) is 60.8 Å². The molecule has 1 aromatic heterocycles. The van der Waals surface area contributed by atoms with Crippen molar-refractivity contribution >= 4 is 22.7 Å². The Morgan fingerprint density at radius 3 is 2.38 bits per heavy atom. The van der Waals surface area contributed by atoms with Gasteiger partial charge in [0, 0.05) is 23.3 Å². The average Bonchev–Trinajstić information content (AvgIpc) is 2.91. The molecule has 0 unspecified atom stereocenters. The van der Waals surface area contributed by atoms with E-state index in [0.717, 1.165) is 16.5 Å². The summed E-state index contributed by atoms with van der Waals surface area (Å²) in [6.45, 7) is 3.76. The first kappa shape index (κ1) is 25.6. The number of rotatable bonds is 9. The van der Waals surface area contributed by atoms with Crippen LogP contribution in [-0.4, -0.2) is 38.5 Å². The van der Waals surface area contributed by atoms with Crippen LogP contribution in [0.4, 0.5) is 14.9 Å². The molecule has 0 fully saturated rings. The number of carbonyl (C=O) groups excluding carboxylic acids is 1. The highest BCUT2D eigenvalue weighted by molar-refractivity contribution is 5.89. The molecule has 4 rings (SSSR count). The van der Waals surface area contributed by atoms with Gasteiger partial charge in [-0.1, -0.05) is 12.1 Å². The molecule has 0 radical (unpaired) electrons. The number of amides is 1. The zero-order chi connectivity index (χ0) is 26.4. The Morgan fingerprint density at radius 1 is 0.865 bits per heavy atom. The second kappa shape index (κ2) is 11.5. The number of ether oxygens (including phenoxy) is 5. The van der Waals surface area contributed by atoms with Crippen LogP contribution < -0.4 is 24.3 Å². The van der Waals surface area contributed by atoms with Crippen molar-refractivity contribution in [3.8, 4) is 28.7 Å². The van der Waals surface area contributed by atoms with Gasteiger partial charge in [-0.15, -0.1) is 0 Å². The molecule has 9 heteroatoms. The molecular weight excluding hydrogens is 479 g/mol. The minimum atomic E-state index is -0.644. The Balaban J connectivity index is 1.42. The van der Waals surface area contributed by atoms with Gasteiger partial charge in [-0.05, 0) is 61.4 Å². The molecule has 192 valence electrons. The fraction of sp³-hybridized carbons (Fsp3) is 0.214. The van der Waals surface area contributed by atoms with Gasteiger partial charge >= 0.3 is 6.09 Å². The number of fused-ring (bicyclic) bond motifs is 1. The molecule has 3 aromatic carbocycles. The maximum atomic E-state index is 13.6. The molecule has 37 heavy (non-hydrogen) atoms. The smallest absolute Gasteiger partial charge is 0.411 e. The number of hydrogen-bond acceptors (Lipinski definition) is 7. The molecule has 4 aromatic rings. The van der Waals surface area contributed by atoms with Crippen molar-refractivity contribution < 1.29 is 32.9 Å². The molecule has 0 aliphatic carbocycles. The predicted molar refractivity (Wildman–Crippen MR) is 138 cm³/mol. The average molecular weight is 507 g/mol. The van der Waals surface area contributed by atoms with Crippen LogP contribution in [0.1, 0.15) is 11.1 Å². The van der Waals surface area contributed by atoms with Crippen molar-refractivity contribution in [1.29, 1.82) is 0 Å². The second-order valence-corrected chi connectivity index (χ2v) is 8.04. The van der Waals surface area contributed by atoms with E-state index in [9.17, 15) is 9.18 Å². The van der Waals surface area contributed by atoms with Gasteiger partial charge in [0.15, 0.2) is 23.1 Å². The summed E-state index contributed by atoms with van der Waals surface area (Å²) in [5.74, 6) is 2.00. The normalized spacial score (nSPS) is 10.6. The quantitative estimate of drug-likeness (QED) is 0.262. The summed E-state index contributed by atoms with van der Waals surface area (Å²) in [5, 5.41) is 3.49. The van der Waals surface area contributed by atoms with E-state index >= 15 is 0 Å². The summed E-state index contributed by atoms with van der Waals surface area (Å²) in [6.07, 6.45) is 1.02. The van der Waals surface area contributed by atoms with E-state index in [-0.39, 0.29) is 19.0 Å². The zero-order valence-corrected chi connectivity index (χ0v) is 21.0. The van der Waals surface area contributed by atoms with Crippen molar-refractivity contribution in [3.63, 3.8) is 0 Å². The van der Waals surface area contributed by atoms with Gasteiger partial charge in [-0.3, -0.25) is 10.3 Å². The number of nitrogens with one attached hydrogen (secondary N) is 1. The fourth-order valence-electron chi connectivity index (χ4n) is 3.69. The molecule has 1 heterocycles. The van der Waals surface area contributed by atoms with Crippen molar-refractivity contribution in [3.05, 3.63) is 77.7 Å². The van der Waals surface area contributed by atoms with Crippen LogP contribution in [0, 0.1) is 19.7 Å². The number of anilines is 1. The largest absolute Gasteiger partial charge is 0.493 e. The molecule has 8 nitrogen and oxygen atoms in total. The van der Waals surface area contributed by atoms with E-state index in [1.165, 1.54) is 12.1 Å². The van der Waals surface area contributed by atoms with Gasteiger partial charge in [0.2, 0.25) is 0 Å². The van der Waals surface area contributed by atoms with Crippen LogP contribution in [0.5, 0.6) is 28.7 Å². The molecule has 0 spiro atoms. The number of aromatic nitrogens is 1. The number of nitrogens with zero attached hydrogens (tertiary/aromatic N) is 1. The standard InChI is InChI=1S/C28H27FN2O6/c1-17-18(2)23(37-24-11-12-30-22-16-27(34-4)26(33-3)15-19(22)24)10-9-21(17)31-28(32)36-14-13-35-25-8-6-5-7-20(25)29/h5-12,15-16H,13-14H2,1-4H3,(H,31,32). The maximum absolute atomic E-state index is 13.6. The molecule has 1 amide bonds. The monoisotopic (exact) mass is 506 g/mol. The highest BCUT2D eigenvalue weighted by Crippen LogP contribution is 2.38. The molecule has 0 bridgehead atoms. The second-order valence-electron chi connectivity index (χ2n) is 8.04. The minimum Gasteiger partial charge on any atom is -0.493 e. The third-order valence-corrected chi connectivity index (χ3v) is 5.81. The van der Waals surface area contributed by atoms with Gasteiger partial charge < -0.3 is 23.7 Å². The lowest BCUT2D eigenvalue weighted by Crippen LogP contribution is -2.18. The molecule has 0 aliphatic heterocycles. The predicted octanol–water partition coefficient (Wildman–Crippen LogP) is 6.43. The highest BCUT2D eigenvalue weighted by Gasteiger charge is 2.15. The minimum absolute atomic E-state index is 0.0235. The molecule has 1 N–H and O–H groups in total. The summed E-state index contributed by atoms with van der Waals surface area (Å²) < 4.78 is 41.1. The SMILES string of the molecule is COc1cc2nccc(Oc3ccc(NC(=O)OCCOc4ccccc4F)c(C)c3C)c2cc1OC. The van der Waals surface area contributed by atoms with Crippen LogP contribution in [0.25, 0.3) is 10.9 Å². The lowest BCUT2D eigenvalue weighted by atomic mass is 10.1. The Kier molecular flexibility index (Phi) is 7.92. The number of benzene rings is 3. The van der Waals surface area contributed by atoms with Crippen LogP contribution >= 0.6 is 0 Å². The van der Waals surface area contributed by atoms with Gasteiger partial charge in [-0.25, -0.2) is 9.18 Å². The van der Waals surface area contributed by atoms with Crippen molar-refractivity contribution in [2.24, 2.45) is 0 Å². The highest BCUT2D eigenvalue weighted by atomic mass is 19.1. The van der Waals surface area contributed by atoms with Crippen molar-refractivity contribution in [2.75, 3.05) is 32.8 Å². The summed E-state index contributed by atoms with van der Waals surface area (Å²) in [4.78, 5) is 16.7. The molecule has 0 saturated heterocycles. The van der Waals surface area contributed by atoms with Gasteiger partial charge in [0.25, 0.3) is 0 Å². The third-order valence-electron chi connectivity index (χ3n) is 5.81. The van der Waals surface area contributed by atoms with Crippen molar-refractivity contribution in [2.45, 2.75) is 13.8 Å². The van der Waals surface area contributed by atoms with Crippen LogP contribution in [0.3, 0.4) is 0 Å². The lowest BCUT2D eigenvalue weighted by Gasteiger charge is -2.16. The van der Waals surface area contributed by atoms with E-state index < -0.39 is 11.9 Å². The van der Waals surface area contributed by atoms with E-state index in [0.29, 0.717) is 34.2 Å². The Hall–Kier alpha value is -4.53. The number of carbonyl (C=O) groups is 1. The van der Waals surface area contributed by atoms with E-state index in [1.54, 1.807) is 56.8 Å². The fourth-order valence-corrected chi connectivity index (χ4v) is 3.69. The Bertz CT molecular complexity index is 1430. The van der Waals surface area contributed by atoms with Gasteiger partial charge in [-0.2, -0.15) is 0 Å². The number of halogens is 1. The lowest BCUT2D eigenvalue weighted by molar-refractivity contribution is 0.136. The van der Waals surface area contributed by atoms with Crippen molar-refractivity contribution in [1.82, 2.24) is 4.98 Å². The molecule has 0 atom stereocenters. The first-order valence-electron chi connectivity index (χ1n) is 11.5. The number of methoxy groups -OCH3 is 2. The van der Waals surface area contributed by atoms with Crippen LogP contribution in [0.2, 0.25) is 0 Å². The summed E-state index contributed by atoms with van der Waals surface area (Å²) in [5.41, 5.74) is 2.93. The molecule has 0 saturated carbocycles. The van der Waals surface area contributed by atoms with E-state index in [1.807, 2.05) is 19.9 Å². The van der Waals surface area contributed by atoms with E-state index in [2.05, 4.69) is 10.3 Å². The Labute approximate surface area is 213 Å². The van der Waals surface area contributed by atoms with Gasteiger partial charge in [0.05, 0.1) is 19.7 Å². The zero-order valence-electron chi connectivity index (χ0n) is 21.0. The molecular formula is C28H27FN2O6. The maximum Gasteiger partial charge on any atom is 0.411 e. The Morgan fingerprint density at radius 2 is 1.62 bits per heavy atom. The third kappa shape index (κ3) is 5.83. The summed E-state index contributed by atoms with van der Waals surface area (Å²) in [6, 6.07) is 14.9. The summed E-state index contributed by atoms with van der Waals surface area (Å²) in [7, 11) is 3.14. The molecule has 0 aliphatic rings. The summed E-state index contributed by atoms with van der Waals surface area (Å²) >= 11 is 0.